The van der Waals surface area contributed by atoms with Crippen LogP contribution < -0.4 is 4.74 Å². The van der Waals surface area contributed by atoms with E-state index in [1.807, 2.05) is 30.5 Å². The van der Waals surface area contributed by atoms with Crippen molar-refractivity contribution in [2.75, 3.05) is 12.4 Å². The predicted molar refractivity (Wildman–Crippen MR) is 95.7 cm³/mol. The highest BCUT2D eigenvalue weighted by molar-refractivity contribution is 7.99. The Hall–Kier alpha value is -2.60. The number of pyridine rings is 1. The Labute approximate surface area is 143 Å². The number of aromatic nitrogens is 1. The van der Waals surface area contributed by atoms with Gasteiger partial charge in [0.2, 0.25) is 0 Å². The summed E-state index contributed by atoms with van der Waals surface area (Å²) in [4.78, 5) is 15.8. The number of non-ortho nitro benzene ring substituents is 1. The molecule has 2 aromatic carbocycles. The molecule has 1 heterocycles. The highest BCUT2D eigenvalue weighted by Crippen LogP contribution is 2.27. The van der Waals surface area contributed by atoms with Crippen molar-refractivity contribution in [2.24, 2.45) is 0 Å². The van der Waals surface area contributed by atoms with Gasteiger partial charge in [-0.25, -0.2) is 0 Å². The summed E-state index contributed by atoms with van der Waals surface area (Å²) in [6.07, 6.45) is 2.72. The molecule has 24 heavy (non-hydrogen) atoms. The fourth-order valence-electron chi connectivity index (χ4n) is 2.29. The molecule has 0 aliphatic rings. The fraction of sp³-hybridized carbons (Fsp3) is 0.167. The van der Waals surface area contributed by atoms with Crippen molar-refractivity contribution in [1.82, 2.24) is 4.98 Å². The first-order valence-electron chi connectivity index (χ1n) is 7.58. The minimum absolute atomic E-state index is 0.0717. The minimum Gasteiger partial charge on any atom is -0.494 e. The number of fused-ring (bicyclic) bond motifs is 1. The van der Waals surface area contributed by atoms with Crippen LogP contribution in [-0.2, 0) is 0 Å². The van der Waals surface area contributed by atoms with Gasteiger partial charge in [-0.05, 0) is 30.7 Å². The second-order valence-electron chi connectivity index (χ2n) is 5.13. The lowest BCUT2D eigenvalue weighted by Crippen LogP contribution is -1.99. The number of para-hydroxylation sites is 1. The molecule has 0 aliphatic carbocycles. The lowest BCUT2D eigenvalue weighted by Gasteiger charge is -2.07. The molecule has 0 atom stereocenters. The van der Waals surface area contributed by atoms with Gasteiger partial charge in [0.05, 0.1) is 17.0 Å². The summed E-state index contributed by atoms with van der Waals surface area (Å²) < 4.78 is 5.62. The van der Waals surface area contributed by atoms with E-state index in [0.717, 1.165) is 17.7 Å². The van der Waals surface area contributed by atoms with Gasteiger partial charge in [0.1, 0.15) is 5.75 Å². The van der Waals surface area contributed by atoms with Crippen LogP contribution in [0.3, 0.4) is 0 Å². The van der Waals surface area contributed by atoms with E-state index in [-0.39, 0.29) is 5.69 Å². The first-order valence-corrected chi connectivity index (χ1v) is 8.56. The zero-order valence-electron chi connectivity index (χ0n) is 12.9. The molecule has 1 aromatic heterocycles. The fourth-order valence-corrected chi connectivity index (χ4v) is 3.26. The molecule has 0 radical (unpaired) electrons. The molecule has 122 valence electrons. The van der Waals surface area contributed by atoms with Crippen LogP contribution in [0.25, 0.3) is 10.9 Å². The van der Waals surface area contributed by atoms with Crippen molar-refractivity contribution < 1.29 is 9.66 Å². The average Bonchev–Trinajstić information content (AvgIpc) is 2.62. The maximum Gasteiger partial charge on any atom is 0.269 e. The van der Waals surface area contributed by atoms with Gasteiger partial charge in [-0.15, -0.1) is 11.8 Å². The van der Waals surface area contributed by atoms with Crippen molar-refractivity contribution in [3.8, 4) is 5.75 Å². The quantitative estimate of drug-likeness (QED) is 0.270. The van der Waals surface area contributed by atoms with Crippen molar-refractivity contribution in [3.05, 3.63) is 70.9 Å². The van der Waals surface area contributed by atoms with E-state index in [0.29, 0.717) is 12.4 Å². The first kappa shape index (κ1) is 16.3. The summed E-state index contributed by atoms with van der Waals surface area (Å²) in [6.45, 7) is 0.577. The molecule has 0 unspecified atom stereocenters. The second-order valence-corrected chi connectivity index (χ2v) is 6.26. The van der Waals surface area contributed by atoms with Gasteiger partial charge in [0.15, 0.2) is 0 Å². The molecule has 5 nitrogen and oxygen atoms in total. The van der Waals surface area contributed by atoms with E-state index >= 15 is 0 Å². The monoisotopic (exact) mass is 340 g/mol. The van der Waals surface area contributed by atoms with Gasteiger partial charge >= 0.3 is 0 Å². The third kappa shape index (κ3) is 4.02. The van der Waals surface area contributed by atoms with Crippen molar-refractivity contribution in [2.45, 2.75) is 11.3 Å². The molecule has 0 fully saturated rings. The second kappa shape index (κ2) is 7.79. The number of hydrogen-bond acceptors (Lipinski definition) is 5. The highest BCUT2D eigenvalue weighted by Gasteiger charge is 2.05. The number of rotatable bonds is 7. The summed E-state index contributed by atoms with van der Waals surface area (Å²) in [5.41, 5.74) is 1.08. The van der Waals surface area contributed by atoms with Crippen molar-refractivity contribution >= 4 is 28.4 Å². The van der Waals surface area contributed by atoms with Crippen LogP contribution in [0.5, 0.6) is 5.75 Å². The molecule has 3 aromatic rings. The third-order valence-corrected chi connectivity index (χ3v) is 4.63. The summed E-state index contributed by atoms with van der Waals surface area (Å²) in [6, 6.07) is 16.3. The number of benzene rings is 2. The van der Waals surface area contributed by atoms with Crippen LogP contribution in [-0.4, -0.2) is 22.3 Å². The van der Waals surface area contributed by atoms with Crippen LogP contribution >= 0.6 is 11.8 Å². The first-order chi connectivity index (χ1) is 11.7. The molecular weight excluding hydrogens is 324 g/mol. The molecular formula is C18H16N2O3S. The molecule has 6 heteroatoms. The number of ether oxygens (including phenoxy) is 1. The molecule has 0 aliphatic heterocycles. The number of nitro groups is 1. The molecule has 0 bridgehead atoms. The third-order valence-electron chi connectivity index (χ3n) is 3.47. The molecule has 0 spiro atoms. The predicted octanol–water partition coefficient (Wildman–Crippen LogP) is 4.70. The van der Waals surface area contributed by atoms with Crippen LogP contribution in [0.15, 0.2) is 65.7 Å². The Kier molecular flexibility index (Phi) is 5.28. The Balaban J connectivity index is 1.47. The highest BCUT2D eigenvalue weighted by atomic mass is 32.2. The van der Waals surface area contributed by atoms with Gasteiger partial charge in [0, 0.05) is 34.4 Å². The van der Waals surface area contributed by atoms with Crippen LogP contribution in [0.1, 0.15) is 6.42 Å². The van der Waals surface area contributed by atoms with Crippen LogP contribution in [0.2, 0.25) is 0 Å². The maximum absolute atomic E-state index is 10.6. The number of thioether (sulfide) groups is 1. The van der Waals surface area contributed by atoms with Crippen LogP contribution in [0.4, 0.5) is 5.69 Å². The standard InChI is InChI=1S/C18H16N2O3S/c21-20(22)14-6-8-15(9-7-14)23-12-3-13-24-18-10-11-19-17-5-2-1-4-16(17)18/h1-2,4-11H,3,12-13H2. The molecule has 0 saturated carbocycles. The number of nitrogens with zero attached hydrogens (tertiary/aromatic N) is 2. The van der Waals surface area contributed by atoms with Gasteiger partial charge in [-0.2, -0.15) is 0 Å². The lowest BCUT2D eigenvalue weighted by atomic mass is 10.2. The van der Waals surface area contributed by atoms with E-state index in [1.54, 1.807) is 23.9 Å². The van der Waals surface area contributed by atoms with Gasteiger partial charge in [-0.1, -0.05) is 18.2 Å². The van der Waals surface area contributed by atoms with Gasteiger partial charge in [0.25, 0.3) is 5.69 Å². The summed E-state index contributed by atoms with van der Waals surface area (Å²) in [5.74, 6) is 1.58. The maximum atomic E-state index is 10.6. The summed E-state index contributed by atoms with van der Waals surface area (Å²) in [5, 5.41) is 11.8. The smallest absolute Gasteiger partial charge is 0.269 e. The Morgan fingerprint density at radius 1 is 1.08 bits per heavy atom. The zero-order chi connectivity index (χ0) is 16.8. The van der Waals surface area contributed by atoms with E-state index in [9.17, 15) is 10.1 Å². The Morgan fingerprint density at radius 3 is 2.67 bits per heavy atom. The average molecular weight is 340 g/mol. The summed E-state index contributed by atoms with van der Waals surface area (Å²) in [7, 11) is 0. The normalized spacial score (nSPS) is 10.7. The van der Waals surface area contributed by atoms with E-state index in [2.05, 4.69) is 11.1 Å². The minimum atomic E-state index is -0.417. The number of nitro benzene ring substituents is 1. The topological polar surface area (TPSA) is 65.3 Å². The molecule has 0 amide bonds. The lowest BCUT2D eigenvalue weighted by molar-refractivity contribution is -0.384. The van der Waals surface area contributed by atoms with Crippen molar-refractivity contribution in [3.63, 3.8) is 0 Å². The largest absolute Gasteiger partial charge is 0.494 e. The van der Waals surface area contributed by atoms with Crippen molar-refractivity contribution in [1.29, 1.82) is 0 Å². The zero-order valence-corrected chi connectivity index (χ0v) is 13.7. The van der Waals surface area contributed by atoms with Gasteiger partial charge < -0.3 is 4.74 Å². The molecule has 0 N–H and O–H groups in total. The Bertz CT molecular complexity index is 832. The Morgan fingerprint density at radius 2 is 1.88 bits per heavy atom. The molecule has 3 rings (SSSR count). The summed E-state index contributed by atoms with van der Waals surface area (Å²) >= 11 is 1.78. The van der Waals surface area contributed by atoms with Crippen LogP contribution in [0, 0.1) is 10.1 Å². The molecule has 0 saturated heterocycles. The number of hydrogen-bond donors (Lipinski definition) is 0. The van der Waals surface area contributed by atoms with Gasteiger partial charge in [-0.3, -0.25) is 15.1 Å². The SMILES string of the molecule is O=[N+]([O-])c1ccc(OCCCSc2ccnc3ccccc23)cc1. The van der Waals surface area contributed by atoms with E-state index in [4.69, 9.17) is 4.74 Å². The van der Waals surface area contributed by atoms with E-state index < -0.39 is 4.92 Å². The van der Waals surface area contributed by atoms with E-state index in [1.165, 1.54) is 22.4 Å².